The Labute approximate surface area is 191 Å². The molecule has 0 atom stereocenters. The second kappa shape index (κ2) is 8.74. The van der Waals surface area contributed by atoms with Crippen LogP contribution in [0.1, 0.15) is 57.6 Å². The third-order valence-corrected chi connectivity index (χ3v) is 7.72. The topological polar surface area (TPSA) is 63.4 Å². The first-order chi connectivity index (χ1) is 15.2. The molecule has 2 aromatic carbocycles. The predicted octanol–water partition coefficient (Wildman–Crippen LogP) is 6.16. The van der Waals surface area contributed by atoms with Gasteiger partial charge in [0.25, 0.3) is 0 Å². The molecule has 0 radical (unpaired) electrons. The van der Waals surface area contributed by atoms with E-state index in [1.807, 2.05) is 36.1 Å². The van der Waals surface area contributed by atoms with Crippen LogP contribution in [0.5, 0.6) is 0 Å². The smallest absolute Gasteiger partial charge is 0.236 e. The number of aromatic nitrogens is 1. The fourth-order valence-electron chi connectivity index (χ4n) is 4.01. The van der Waals surface area contributed by atoms with Crippen LogP contribution in [0.25, 0.3) is 11.5 Å². The van der Waals surface area contributed by atoms with Crippen molar-refractivity contribution < 1.29 is 12.8 Å². The van der Waals surface area contributed by atoms with Gasteiger partial charge in [0.1, 0.15) is 0 Å². The van der Waals surface area contributed by atoms with Gasteiger partial charge in [-0.2, -0.15) is 4.98 Å². The third-order valence-electron chi connectivity index (χ3n) is 6.06. The highest BCUT2D eigenvalue weighted by molar-refractivity contribution is 7.91. The third kappa shape index (κ3) is 4.60. The summed E-state index contributed by atoms with van der Waals surface area (Å²) >= 11 is 0. The number of sulfone groups is 1. The molecule has 1 aliphatic rings. The van der Waals surface area contributed by atoms with Crippen molar-refractivity contribution in [3.8, 4) is 11.5 Å². The van der Waals surface area contributed by atoms with E-state index in [1.54, 1.807) is 12.1 Å². The van der Waals surface area contributed by atoms with Crippen molar-refractivity contribution in [3.63, 3.8) is 0 Å². The lowest BCUT2D eigenvalue weighted by Crippen LogP contribution is -2.25. The van der Waals surface area contributed by atoms with Gasteiger partial charge in [-0.05, 0) is 55.0 Å². The Morgan fingerprint density at radius 1 is 0.875 bits per heavy atom. The lowest BCUT2D eigenvalue weighted by Gasteiger charge is -2.20. The fraction of sp³-hybridized carbons (Fsp3) is 0.423. The molecule has 2 heterocycles. The first kappa shape index (κ1) is 22.6. The Hall–Kier alpha value is -2.60. The summed E-state index contributed by atoms with van der Waals surface area (Å²) in [5.41, 5.74) is 3.02. The number of hydrogen-bond donors (Lipinski definition) is 0. The molecule has 32 heavy (non-hydrogen) atoms. The molecule has 3 aromatic rings. The average molecular weight is 453 g/mol. The summed E-state index contributed by atoms with van der Waals surface area (Å²) in [5, 5.41) is 0.0122. The summed E-state index contributed by atoms with van der Waals surface area (Å²) in [6, 6.07) is 14.9. The summed E-state index contributed by atoms with van der Waals surface area (Å²) in [6.07, 6.45) is 4.32. The number of rotatable bonds is 4. The highest BCUT2D eigenvalue weighted by atomic mass is 32.2. The molecule has 1 saturated heterocycles. The predicted molar refractivity (Wildman–Crippen MR) is 128 cm³/mol. The zero-order chi connectivity index (χ0) is 22.9. The van der Waals surface area contributed by atoms with E-state index in [9.17, 15) is 8.42 Å². The molecule has 1 aliphatic heterocycles. The Kier molecular flexibility index (Phi) is 6.17. The number of oxazole rings is 1. The highest BCUT2D eigenvalue weighted by Crippen LogP contribution is 2.36. The largest absolute Gasteiger partial charge is 0.419 e. The van der Waals surface area contributed by atoms with Crippen molar-refractivity contribution >= 4 is 15.7 Å². The molecular weight excluding hydrogens is 420 g/mol. The van der Waals surface area contributed by atoms with Crippen molar-refractivity contribution in [2.24, 2.45) is 0 Å². The quantitative estimate of drug-likeness (QED) is 0.474. The van der Waals surface area contributed by atoms with Crippen LogP contribution >= 0.6 is 0 Å². The SMILES string of the molecule is Cc1ccc(S(=O)(=O)c2nc(-c3ccc(C(C)(C)C)cc3)oc2N2CCCCCC2)cc1. The second-order valence-corrected chi connectivity index (χ2v) is 11.5. The zero-order valence-corrected chi connectivity index (χ0v) is 20.2. The Bertz CT molecular complexity index is 1160. The average Bonchev–Trinajstić information content (AvgIpc) is 3.03. The number of nitrogens with zero attached hydrogens (tertiary/aromatic N) is 2. The van der Waals surface area contributed by atoms with E-state index in [-0.39, 0.29) is 15.3 Å². The first-order valence-electron chi connectivity index (χ1n) is 11.3. The van der Waals surface area contributed by atoms with E-state index in [2.05, 4.69) is 37.9 Å². The molecule has 1 fully saturated rings. The van der Waals surface area contributed by atoms with E-state index in [1.165, 1.54) is 5.56 Å². The summed E-state index contributed by atoms with van der Waals surface area (Å²) < 4.78 is 33.3. The van der Waals surface area contributed by atoms with Crippen LogP contribution in [0, 0.1) is 6.92 Å². The number of aryl methyl sites for hydroxylation is 1. The fourth-order valence-corrected chi connectivity index (χ4v) is 5.33. The summed E-state index contributed by atoms with van der Waals surface area (Å²) in [4.78, 5) is 6.84. The molecule has 6 heteroatoms. The van der Waals surface area contributed by atoms with Crippen LogP contribution in [0.15, 0.2) is 62.9 Å². The van der Waals surface area contributed by atoms with Gasteiger partial charge in [-0.25, -0.2) is 8.42 Å². The molecule has 4 rings (SSSR count). The number of benzene rings is 2. The maximum atomic E-state index is 13.6. The van der Waals surface area contributed by atoms with Gasteiger partial charge >= 0.3 is 0 Å². The summed E-state index contributed by atoms with van der Waals surface area (Å²) in [5.74, 6) is 0.706. The van der Waals surface area contributed by atoms with Crippen molar-refractivity contribution in [2.45, 2.75) is 68.7 Å². The van der Waals surface area contributed by atoms with Gasteiger partial charge in [0, 0.05) is 18.7 Å². The highest BCUT2D eigenvalue weighted by Gasteiger charge is 2.31. The normalized spacial score (nSPS) is 15.6. The monoisotopic (exact) mass is 452 g/mol. The molecule has 0 saturated carbocycles. The van der Waals surface area contributed by atoms with Crippen LogP contribution in [0.2, 0.25) is 0 Å². The molecule has 0 bridgehead atoms. The zero-order valence-electron chi connectivity index (χ0n) is 19.4. The molecule has 5 nitrogen and oxygen atoms in total. The van der Waals surface area contributed by atoms with Crippen LogP contribution < -0.4 is 4.90 Å². The standard InChI is InChI=1S/C26H32N2O3S/c1-19-9-15-22(16-10-19)32(29,30)24-25(28-17-7-5-6-8-18-28)31-23(27-24)20-11-13-21(14-12-20)26(2,3)4/h9-16H,5-8,17-18H2,1-4H3. The van der Waals surface area contributed by atoms with Gasteiger partial charge in [0.15, 0.2) is 0 Å². The Morgan fingerprint density at radius 3 is 2.03 bits per heavy atom. The molecule has 0 spiro atoms. The van der Waals surface area contributed by atoms with Crippen LogP contribution in [0.3, 0.4) is 0 Å². The maximum absolute atomic E-state index is 13.6. The van der Waals surface area contributed by atoms with E-state index in [0.29, 0.717) is 11.8 Å². The minimum atomic E-state index is -3.81. The van der Waals surface area contributed by atoms with Gasteiger partial charge in [-0.15, -0.1) is 0 Å². The van der Waals surface area contributed by atoms with Gasteiger partial charge in [-0.1, -0.05) is 63.4 Å². The van der Waals surface area contributed by atoms with Crippen LogP contribution in [-0.4, -0.2) is 26.5 Å². The minimum Gasteiger partial charge on any atom is -0.419 e. The van der Waals surface area contributed by atoms with E-state index >= 15 is 0 Å². The minimum absolute atomic E-state index is 0.0122. The summed E-state index contributed by atoms with van der Waals surface area (Å²) in [6.45, 7) is 9.97. The Balaban J connectivity index is 1.81. The van der Waals surface area contributed by atoms with Crippen molar-refractivity contribution in [1.29, 1.82) is 0 Å². The van der Waals surface area contributed by atoms with Crippen molar-refractivity contribution in [3.05, 3.63) is 59.7 Å². The van der Waals surface area contributed by atoms with Gasteiger partial charge in [0.05, 0.1) is 4.90 Å². The van der Waals surface area contributed by atoms with Crippen LogP contribution in [-0.2, 0) is 15.3 Å². The molecule has 0 unspecified atom stereocenters. The van der Waals surface area contributed by atoms with E-state index in [0.717, 1.165) is 49.9 Å². The first-order valence-corrected chi connectivity index (χ1v) is 12.8. The maximum Gasteiger partial charge on any atom is 0.236 e. The molecule has 0 amide bonds. The number of hydrogen-bond acceptors (Lipinski definition) is 5. The Morgan fingerprint density at radius 2 is 1.47 bits per heavy atom. The molecular formula is C26H32N2O3S. The second-order valence-electron chi connectivity index (χ2n) is 9.67. The molecule has 1 aromatic heterocycles. The van der Waals surface area contributed by atoms with E-state index < -0.39 is 9.84 Å². The van der Waals surface area contributed by atoms with Crippen molar-refractivity contribution in [2.75, 3.05) is 18.0 Å². The number of anilines is 1. The van der Waals surface area contributed by atoms with Gasteiger partial charge in [-0.3, -0.25) is 0 Å². The van der Waals surface area contributed by atoms with Crippen molar-refractivity contribution in [1.82, 2.24) is 4.98 Å². The van der Waals surface area contributed by atoms with E-state index in [4.69, 9.17) is 4.42 Å². The summed E-state index contributed by atoms with van der Waals surface area (Å²) in [7, 11) is -3.81. The van der Waals surface area contributed by atoms with Gasteiger partial charge in [0.2, 0.25) is 26.6 Å². The molecule has 0 aliphatic carbocycles. The van der Waals surface area contributed by atoms with Crippen LogP contribution in [0.4, 0.5) is 5.88 Å². The lowest BCUT2D eigenvalue weighted by atomic mass is 9.87. The molecule has 170 valence electrons. The molecule has 0 N–H and O–H groups in total. The lowest BCUT2D eigenvalue weighted by molar-refractivity contribution is 0.543. The van der Waals surface area contributed by atoms with Gasteiger partial charge < -0.3 is 9.32 Å².